The summed E-state index contributed by atoms with van der Waals surface area (Å²) in [5.41, 5.74) is -0.181. The molecule has 10 heteroatoms. The van der Waals surface area contributed by atoms with Crippen LogP contribution in [0.25, 0.3) is 5.69 Å². The van der Waals surface area contributed by atoms with E-state index in [0.29, 0.717) is 5.69 Å². The number of benzene rings is 2. The van der Waals surface area contributed by atoms with E-state index < -0.39 is 32.3 Å². The second-order valence-electron chi connectivity index (χ2n) is 5.60. The van der Waals surface area contributed by atoms with Gasteiger partial charge in [-0.25, -0.2) is 22.3 Å². The minimum Gasteiger partial charge on any atom is -0.478 e. The first kappa shape index (κ1) is 18.9. The van der Waals surface area contributed by atoms with Gasteiger partial charge in [-0.1, -0.05) is 11.6 Å². The maximum absolute atomic E-state index is 14.0. The zero-order valence-corrected chi connectivity index (χ0v) is 15.4. The summed E-state index contributed by atoms with van der Waals surface area (Å²) in [5.74, 6) is -2.38. The number of hydrogen-bond acceptors (Lipinski definition) is 4. The van der Waals surface area contributed by atoms with Crippen LogP contribution in [0.15, 0.2) is 53.7 Å². The lowest BCUT2D eigenvalue weighted by atomic mass is 10.1. The quantitative estimate of drug-likeness (QED) is 0.671. The lowest BCUT2D eigenvalue weighted by Gasteiger charge is -2.15. The van der Waals surface area contributed by atoms with Gasteiger partial charge in [-0.05, 0) is 43.3 Å². The lowest BCUT2D eigenvalue weighted by molar-refractivity contribution is 0.0696. The van der Waals surface area contributed by atoms with Crippen molar-refractivity contribution in [2.24, 2.45) is 0 Å². The van der Waals surface area contributed by atoms with Crippen molar-refractivity contribution < 1.29 is 22.7 Å². The molecule has 7 nitrogen and oxygen atoms in total. The Hall–Kier alpha value is -2.91. The van der Waals surface area contributed by atoms with Crippen molar-refractivity contribution in [2.45, 2.75) is 11.8 Å². The van der Waals surface area contributed by atoms with E-state index in [4.69, 9.17) is 16.7 Å². The molecule has 1 heterocycles. The molecule has 0 aliphatic carbocycles. The third kappa shape index (κ3) is 3.79. The molecule has 0 radical (unpaired) electrons. The van der Waals surface area contributed by atoms with Crippen LogP contribution in [-0.4, -0.2) is 29.3 Å². The molecule has 0 saturated heterocycles. The Morgan fingerprint density at radius 3 is 2.67 bits per heavy atom. The average molecular weight is 410 g/mol. The minimum atomic E-state index is -4.31. The Balaban J connectivity index is 2.12. The topological polar surface area (TPSA) is 101 Å². The monoisotopic (exact) mass is 409 g/mol. The minimum absolute atomic E-state index is 0.103. The number of aromatic carboxylic acids is 1. The van der Waals surface area contributed by atoms with E-state index in [-0.39, 0.29) is 16.3 Å². The summed E-state index contributed by atoms with van der Waals surface area (Å²) in [4.78, 5) is 10.7. The number of aromatic nitrogens is 2. The summed E-state index contributed by atoms with van der Waals surface area (Å²) in [7, 11) is -4.31. The lowest BCUT2D eigenvalue weighted by Crippen LogP contribution is -2.17. The highest BCUT2D eigenvalue weighted by molar-refractivity contribution is 7.92. The van der Waals surface area contributed by atoms with Gasteiger partial charge >= 0.3 is 5.97 Å². The van der Waals surface area contributed by atoms with E-state index >= 15 is 0 Å². The summed E-state index contributed by atoms with van der Waals surface area (Å²) in [6.45, 7) is 1.25. The molecule has 0 aliphatic heterocycles. The van der Waals surface area contributed by atoms with Crippen LogP contribution in [-0.2, 0) is 10.0 Å². The number of carbonyl (C=O) groups is 1. The third-order valence-corrected chi connectivity index (χ3v) is 5.51. The Morgan fingerprint density at radius 1 is 1.30 bits per heavy atom. The van der Waals surface area contributed by atoms with E-state index in [0.717, 1.165) is 12.1 Å². The van der Waals surface area contributed by atoms with Crippen molar-refractivity contribution in [3.05, 3.63) is 70.8 Å². The fraction of sp³-hybridized carbons (Fsp3) is 0.0588. The highest BCUT2D eigenvalue weighted by atomic mass is 35.5. The van der Waals surface area contributed by atoms with E-state index in [9.17, 15) is 17.6 Å². The Labute approximate surface area is 159 Å². The van der Waals surface area contributed by atoms with Gasteiger partial charge in [-0.15, -0.1) is 0 Å². The number of halogens is 2. The molecule has 1 aromatic heterocycles. The first-order valence-electron chi connectivity index (χ1n) is 7.55. The molecule has 27 heavy (non-hydrogen) atoms. The molecule has 0 saturated carbocycles. The van der Waals surface area contributed by atoms with Gasteiger partial charge < -0.3 is 5.11 Å². The molecule has 140 valence electrons. The van der Waals surface area contributed by atoms with E-state index in [1.54, 1.807) is 24.4 Å². The molecule has 0 spiro atoms. The van der Waals surface area contributed by atoms with E-state index in [1.165, 1.54) is 23.9 Å². The van der Waals surface area contributed by atoms with Gasteiger partial charge in [0.2, 0.25) is 0 Å². The van der Waals surface area contributed by atoms with Crippen LogP contribution in [0.3, 0.4) is 0 Å². The number of hydrogen-bond donors (Lipinski definition) is 2. The number of rotatable bonds is 5. The van der Waals surface area contributed by atoms with Crippen LogP contribution >= 0.6 is 11.6 Å². The van der Waals surface area contributed by atoms with Crippen LogP contribution in [0.2, 0.25) is 5.02 Å². The average Bonchev–Trinajstić information content (AvgIpc) is 3.10. The molecule has 2 N–H and O–H groups in total. The van der Waals surface area contributed by atoms with Crippen LogP contribution in [0.5, 0.6) is 0 Å². The zero-order valence-electron chi connectivity index (χ0n) is 13.8. The Kier molecular flexibility index (Phi) is 4.90. The highest BCUT2D eigenvalue weighted by Gasteiger charge is 2.23. The molecule has 0 fully saturated rings. The van der Waals surface area contributed by atoms with Crippen LogP contribution < -0.4 is 4.72 Å². The number of nitrogens with zero attached hydrogens (tertiary/aromatic N) is 2. The van der Waals surface area contributed by atoms with E-state index in [2.05, 4.69) is 9.82 Å². The van der Waals surface area contributed by atoms with Crippen molar-refractivity contribution in [3.8, 4) is 5.69 Å². The first-order valence-corrected chi connectivity index (χ1v) is 9.41. The molecular formula is C17H13ClFN3O4S. The predicted molar refractivity (Wildman–Crippen MR) is 97.5 cm³/mol. The standard InChI is InChI=1S/C17H13ClFN3O4S/c1-10-13(19)7-11(17(23)24)8-16(10)27(25,26)21-14-9-12(18)3-4-15(14)22-6-2-5-20-22/h2-9,21H,1H3,(H,23,24). The fourth-order valence-corrected chi connectivity index (χ4v) is 3.97. The van der Waals surface area contributed by atoms with Gasteiger partial charge in [-0.2, -0.15) is 5.10 Å². The van der Waals surface area contributed by atoms with Gasteiger partial charge in [0.1, 0.15) is 5.82 Å². The molecule has 3 rings (SSSR count). The molecule has 0 atom stereocenters. The smallest absolute Gasteiger partial charge is 0.335 e. The summed E-state index contributed by atoms with van der Waals surface area (Å²) in [5, 5.41) is 13.4. The number of nitrogens with one attached hydrogen (secondary N) is 1. The van der Waals surface area contributed by atoms with Gasteiger partial charge in [-0.3, -0.25) is 4.72 Å². The molecular weight excluding hydrogens is 397 g/mol. The molecule has 0 unspecified atom stereocenters. The zero-order chi connectivity index (χ0) is 19.8. The summed E-state index contributed by atoms with van der Waals surface area (Å²) >= 11 is 5.97. The van der Waals surface area contributed by atoms with Gasteiger partial charge in [0, 0.05) is 23.0 Å². The van der Waals surface area contributed by atoms with Gasteiger partial charge in [0.05, 0.1) is 21.8 Å². The summed E-state index contributed by atoms with van der Waals surface area (Å²) in [6, 6.07) is 7.83. The maximum atomic E-state index is 14.0. The Morgan fingerprint density at radius 2 is 2.04 bits per heavy atom. The van der Waals surface area contributed by atoms with Crippen molar-refractivity contribution >= 4 is 33.3 Å². The number of carboxylic acid groups (broad SMARTS) is 1. The number of anilines is 1. The molecule has 2 aromatic carbocycles. The normalized spacial score (nSPS) is 11.4. The maximum Gasteiger partial charge on any atom is 0.335 e. The molecule has 3 aromatic rings. The summed E-state index contributed by atoms with van der Waals surface area (Å²) < 4.78 is 43.5. The SMILES string of the molecule is Cc1c(F)cc(C(=O)O)cc1S(=O)(=O)Nc1cc(Cl)ccc1-n1cccn1. The third-order valence-electron chi connectivity index (χ3n) is 3.79. The van der Waals surface area contributed by atoms with Crippen molar-refractivity contribution in [1.29, 1.82) is 0 Å². The van der Waals surface area contributed by atoms with Crippen LogP contribution in [0, 0.1) is 12.7 Å². The predicted octanol–water partition coefficient (Wildman–Crippen LogP) is 3.47. The van der Waals surface area contributed by atoms with Crippen LogP contribution in [0.4, 0.5) is 10.1 Å². The summed E-state index contributed by atoms with van der Waals surface area (Å²) in [6.07, 6.45) is 3.12. The van der Waals surface area contributed by atoms with Gasteiger partial charge in [0.15, 0.2) is 0 Å². The molecule has 0 amide bonds. The molecule has 0 aliphatic rings. The van der Waals surface area contributed by atoms with E-state index in [1.807, 2.05) is 0 Å². The van der Waals surface area contributed by atoms with Crippen LogP contribution in [0.1, 0.15) is 15.9 Å². The van der Waals surface area contributed by atoms with Crippen molar-refractivity contribution in [3.63, 3.8) is 0 Å². The number of sulfonamides is 1. The first-order chi connectivity index (χ1) is 12.7. The number of carboxylic acids is 1. The van der Waals surface area contributed by atoms with Crippen molar-refractivity contribution in [1.82, 2.24) is 9.78 Å². The van der Waals surface area contributed by atoms with Gasteiger partial charge in [0.25, 0.3) is 10.0 Å². The fourth-order valence-electron chi connectivity index (χ4n) is 2.46. The second-order valence-corrected chi connectivity index (χ2v) is 7.69. The molecule has 0 bridgehead atoms. The largest absolute Gasteiger partial charge is 0.478 e. The second kappa shape index (κ2) is 7.01. The van der Waals surface area contributed by atoms with Crippen molar-refractivity contribution in [2.75, 3.05) is 4.72 Å². The highest BCUT2D eigenvalue weighted by Crippen LogP contribution is 2.28. The Bertz CT molecular complexity index is 1130.